The average Bonchev–Trinajstić information content (AvgIpc) is 2.41. The Morgan fingerprint density at radius 1 is 1.22 bits per heavy atom. The van der Waals surface area contributed by atoms with Crippen LogP contribution in [0.3, 0.4) is 0 Å². The van der Waals surface area contributed by atoms with Crippen molar-refractivity contribution in [2.24, 2.45) is 0 Å². The van der Waals surface area contributed by atoms with E-state index in [1.807, 2.05) is 0 Å². The lowest BCUT2D eigenvalue weighted by molar-refractivity contribution is 0.00578. The molecule has 2 heterocycles. The molecule has 0 aromatic rings. The van der Waals surface area contributed by atoms with Crippen LogP contribution in [0.4, 0.5) is 0 Å². The quantitative estimate of drug-likeness (QED) is 0.669. The fourth-order valence-corrected chi connectivity index (χ4v) is 2.48. The highest BCUT2D eigenvalue weighted by atomic mass is 16.7. The monoisotopic (exact) mass is 251 g/mol. The van der Waals surface area contributed by atoms with Gasteiger partial charge in [0.15, 0.2) is 0 Å². The van der Waals surface area contributed by atoms with Crippen LogP contribution in [-0.2, 0) is 9.31 Å². The van der Waals surface area contributed by atoms with Gasteiger partial charge in [0.05, 0.1) is 11.2 Å². The Morgan fingerprint density at radius 2 is 1.78 bits per heavy atom. The maximum absolute atomic E-state index is 6.02. The first-order valence-electron chi connectivity index (χ1n) is 6.97. The summed E-state index contributed by atoms with van der Waals surface area (Å²) in [7, 11) is 2.01. The molecule has 2 saturated heterocycles. The van der Waals surface area contributed by atoms with E-state index in [1.54, 1.807) is 0 Å². The summed E-state index contributed by atoms with van der Waals surface area (Å²) in [6, 6.07) is 0.618. The van der Waals surface area contributed by atoms with Crippen LogP contribution in [-0.4, -0.2) is 42.9 Å². The molecule has 0 aromatic carbocycles. The van der Waals surface area contributed by atoms with Gasteiger partial charge in [-0.1, -0.05) is 11.5 Å². The first-order chi connectivity index (χ1) is 8.21. The molecule has 1 atom stereocenters. The number of likely N-dealkylation sites (tertiary alicyclic amines) is 1. The van der Waals surface area contributed by atoms with Crippen LogP contribution in [0.15, 0.2) is 11.5 Å². The van der Waals surface area contributed by atoms with Gasteiger partial charge in [-0.2, -0.15) is 0 Å². The molecule has 18 heavy (non-hydrogen) atoms. The maximum atomic E-state index is 6.02. The highest BCUT2D eigenvalue weighted by molar-refractivity contribution is 6.51. The third-order valence-corrected chi connectivity index (χ3v) is 4.74. The third kappa shape index (κ3) is 2.66. The van der Waals surface area contributed by atoms with Crippen molar-refractivity contribution in [3.05, 3.63) is 11.5 Å². The second kappa shape index (κ2) is 4.66. The fourth-order valence-electron chi connectivity index (χ4n) is 2.48. The van der Waals surface area contributed by atoms with E-state index in [2.05, 4.69) is 52.5 Å². The SMILES string of the molecule is CC1C/C(=C/B2OC(C)(C)C(C)(C)O2)CCN1C. The van der Waals surface area contributed by atoms with Crippen molar-refractivity contribution < 1.29 is 9.31 Å². The minimum atomic E-state index is -0.230. The summed E-state index contributed by atoms with van der Waals surface area (Å²) in [4.78, 5) is 2.40. The minimum Gasteiger partial charge on any atom is -0.400 e. The predicted molar refractivity (Wildman–Crippen MR) is 75.5 cm³/mol. The van der Waals surface area contributed by atoms with Crippen LogP contribution in [0.25, 0.3) is 0 Å². The number of piperidine rings is 1. The number of hydrogen-bond donors (Lipinski definition) is 0. The lowest BCUT2D eigenvalue weighted by atomic mass is 9.83. The second-order valence-electron chi connectivity index (χ2n) is 6.73. The number of hydrogen-bond acceptors (Lipinski definition) is 3. The molecule has 0 bridgehead atoms. The Balaban J connectivity index is 2.03. The summed E-state index contributed by atoms with van der Waals surface area (Å²) >= 11 is 0. The summed E-state index contributed by atoms with van der Waals surface area (Å²) in [6.07, 6.45) is 2.26. The molecule has 0 N–H and O–H groups in total. The van der Waals surface area contributed by atoms with Crippen LogP contribution in [0, 0.1) is 0 Å². The molecule has 0 spiro atoms. The Hall–Kier alpha value is -0.315. The summed E-state index contributed by atoms with van der Waals surface area (Å²) < 4.78 is 12.0. The number of rotatable bonds is 1. The van der Waals surface area contributed by atoms with Crippen molar-refractivity contribution in [2.75, 3.05) is 13.6 Å². The van der Waals surface area contributed by atoms with Crippen LogP contribution in [0.1, 0.15) is 47.5 Å². The van der Waals surface area contributed by atoms with Gasteiger partial charge in [-0.3, -0.25) is 0 Å². The van der Waals surface area contributed by atoms with Gasteiger partial charge in [0.1, 0.15) is 0 Å². The Labute approximate surface area is 112 Å². The Bertz CT molecular complexity index is 336. The fraction of sp³-hybridized carbons (Fsp3) is 0.857. The van der Waals surface area contributed by atoms with E-state index in [4.69, 9.17) is 9.31 Å². The smallest absolute Gasteiger partial charge is 0.400 e. The van der Waals surface area contributed by atoms with Crippen molar-refractivity contribution in [1.82, 2.24) is 4.90 Å². The van der Waals surface area contributed by atoms with Gasteiger partial charge in [-0.25, -0.2) is 0 Å². The van der Waals surface area contributed by atoms with Crippen LogP contribution >= 0.6 is 0 Å². The standard InChI is InChI=1S/C14H26BNO2/c1-11-9-12(7-8-16(11)6)10-15-17-13(2,3)14(4,5)18-15/h10-11H,7-9H2,1-6H3/b12-10+. The van der Waals surface area contributed by atoms with E-state index in [1.165, 1.54) is 5.57 Å². The number of nitrogens with zero attached hydrogens (tertiary/aromatic N) is 1. The van der Waals surface area contributed by atoms with E-state index >= 15 is 0 Å². The van der Waals surface area contributed by atoms with Crippen molar-refractivity contribution in [3.8, 4) is 0 Å². The summed E-state index contributed by atoms with van der Waals surface area (Å²) in [5, 5.41) is 0. The van der Waals surface area contributed by atoms with Gasteiger partial charge in [-0.05, 0) is 54.5 Å². The maximum Gasteiger partial charge on any atom is 0.487 e. The predicted octanol–water partition coefficient (Wildman–Crippen LogP) is 2.66. The minimum absolute atomic E-state index is 0.180. The van der Waals surface area contributed by atoms with Crippen molar-refractivity contribution >= 4 is 7.12 Å². The highest BCUT2D eigenvalue weighted by Gasteiger charge is 2.50. The van der Waals surface area contributed by atoms with Gasteiger partial charge in [-0.15, -0.1) is 0 Å². The van der Waals surface area contributed by atoms with Crippen LogP contribution in [0.2, 0.25) is 0 Å². The average molecular weight is 251 g/mol. The van der Waals surface area contributed by atoms with Gasteiger partial charge in [0.25, 0.3) is 0 Å². The third-order valence-electron chi connectivity index (χ3n) is 4.74. The van der Waals surface area contributed by atoms with Crippen molar-refractivity contribution in [1.29, 1.82) is 0 Å². The molecule has 102 valence electrons. The molecule has 1 unspecified atom stereocenters. The molecule has 0 saturated carbocycles. The largest absolute Gasteiger partial charge is 0.487 e. The Morgan fingerprint density at radius 3 is 2.28 bits per heavy atom. The molecule has 4 heteroatoms. The highest BCUT2D eigenvalue weighted by Crippen LogP contribution is 2.37. The lowest BCUT2D eigenvalue weighted by Gasteiger charge is -2.32. The molecule has 0 aromatic heterocycles. The van der Waals surface area contributed by atoms with Crippen LogP contribution in [0.5, 0.6) is 0 Å². The normalized spacial score (nSPS) is 34.2. The topological polar surface area (TPSA) is 21.7 Å². The molecule has 3 nitrogen and oxygen atoms in total. The lowest BCUT2D eigenvalue weighted by Crippen LogP contribution is -2.41. The van der Waals surface area contributed by atoms with E-state index in [-0.39, 0.29) is 18.3 Å². The zero-order chi connectivity index (χ0) is 13.6. The first-order valence-corrected chi connectivity index (χ1v) is 6.97. The van der Waals surface area contributed by atoms with Crippen molar-refractivity contribution in [2.45, 2.75) is 64.7 Å². The van der Waals surface area contributed by atoms with E-state index in [0.29, 0.717) is 6.04 Å². The molecular formula is C14H26BNO2. The van der Waals surface area contributed by atoms with Gasteiger partial charge >= 0.3 is 7.12 Å². The molecule has 0 amide bonds. The summed E-state index contributed by atoms with van der Waals surface area (Å²) in [5.41, 5.74) is 1.01. The second-order valence-corrected chi connectivity index (χ2v) is 6.73. The molecule has 2 rings (SSSR count). The first kappa shape index (κ1) is 14.1. The molecule has 0 aliphatic carbocycles. The van der Waals surface area contributed by atoms with Crippen LogP contribution < -0.4 is 0 Å². The van der Waals surface area contributed by atoms with Gasteiger partial charge in [0, 0.05) is 12.6 Å². The molecule has 2 aliphatic heterocycles. The molecule has 0 radical (unpaired) electrons. The molecular weight excluding hydrogens is 225 g/mol. The van der Waals surface area contributed by atoms with E-state index in [0.717, 1.165) is 19.4 Å². The zero-order valence-corrected chi connectivity index (χ0v) is 12.6. The molecule has 2 fully saturated rings. The summed E-state index contributed by atoms with van der Waals surface area (Å²) in [5.74, 6) is 2.19. The van der Waals surface area contributed by atoms with Crippen molar-refractivity contribution in [3.63, 3.8) is 0 Å². The van der Waals surface area contributed by atoms with Gasteiger partial charge < -0.3 is 14.2 Å². The Kier molecular flexibility index (Phi) is 3.65. The van der Waals surface area contributed by atoms with E-state index in [9.17, 15) is 0 Å². The molecule has 2 aliphatic rings. The van der Waals surface area contributed by atoms with E-state index < -0.39 is 0 Å². The summed E-state index contributed by atoms with van der Waals surface area (Å²) in [6.45, 7) is 11.8. The zero-order valence-electron chi connectivity index (χ0n) is 12.6. The van der Waals surface area contributed by atoms with Gasteiger partial charge in [0.2, 0.25) is 0 Å².